The fourth-order valence-corrected chi connectivity index (χ4v) is 4.71. The number of rotatable bonds is 16. The number of carbonyl (C=O) groups excluding carboxylic acids is 5. The molecule has 1 fully saturated rings. The second-order valence-electron chi connectivity index (χ2n) is 9.84. The maximum atomic E-state index is 12.0. The summed E-state index contributed by atoms with van der Waals surface area (Å²) < 4.78 is 17.5. The number of amides is 1. The molecule has 2 N–H and O–H groups in total. The van der Waals surface area contributed by atoms with Gasteiger partial charge in [-0.25, -0.2) is 0 Å². The van der Waals surface area contributed by atoms with Gasteiger partial charge in [0.15, 0.2) is 5.11 Å². The number of carboxylic acid groups (broad SMARTS) is 4. The number of carboxylic acids is 4. The molecule has 0 radical (unpaired) electrons. The third-order valence-corrected chi connectivity index (χ3v) is 6.50. The van der Waals surface area contributed by atoms with E-state index in [2.05, 4.69) is 10.6 Å². The number of nitrogens with zero attached hydrogens (tertiary/aromatic N) is 2. The van der Waals surface area contributed by atoms with E-state index in [9.17, 15) is 44.4 Å². The van der Waals surface area contributed by atoms with Crippen molar-refractivity contribution >= 4 is 75.5 Å². The Kier molecular flexibility index (Phi) is 24.6. The third-order valence-electron chi connectivity index (χ3n) is 6.30. The zero-order chi connectivity index (χ0) is 33.5. The Morgan fingerprint density at radius 1 is 0.760 bits per heavy atom. The predicted octanol–water partition coefficient (Wildman–Crippen LogP) is -15.8. The Balaban J connectivity index is 0.00000600. The monoisotopic (exact) mass is 808 g/mol. The molecule has 3 aromatic rings. The minimum absolute atomic E-state index is 0. The van der Waals surface area contributed by atoms with E-state index in [1.54, 1.807) is 25.1 Å². The molecule has 0 bridgehead atoms. The van der Waals surface area contributed by atoms with Crippen molar-refractivity contribution in [2.75, 3.05) is 49.2 Å². The van der Waals surface area contributed by atoms with Crippen LogP contribution >= 0.6 is 12.2 Å². The molecule has 16 nitrogen and oxygen atoms in total. The van der Waals surface area contributed by atoms with E-state index in [0.29, 0.717) is 10.9 Å². The standard InChI is InChI=1S/C29H28N4O12S.4K/c1-15-2-3-19(32(11-24(34)35)12-25(36)37)22(6-15)43-4-5-44-23-8-16-7-17(9-18-28(42)31-29(46)30-18)45-21(16)10-20(23)33(13-26(38)39)14-27(40)41;;;;/h2-3,6-10H,4-5,11-14H2,1H3,(H,34,35)(H,36,37)(H,38,39)(H,40,41)(H2,30,31,42,46);;;;/q;4*+1/p-4/b18-9+;;;;. The molecule has 2 heterocycles. The van der Waals surface area contributed by atoms with Gasteiger partial charge in [0.2, 0.25) is 0 Å². The first kappa shape index (κ1) is 50.7. The smallest absolute Gasteiger partial charge is 0.548 e. The molecule has 0 saturated carbocycles. The van der Waals surface area contributed by atoms with Crippen LogP contribution in [-0.4, -0.2) is 74.3 Å². The van der Waals surface area contributed by atoms with Crippen LogP contribution in [0, 0.1) is 6.92 Å². The number of nitrogens with one attached hydrogen (secondary N) is 2. The van der Waals surface area contributed by atoms with Crippen LogP contribution in [0.25, 0.3) is 17.0 Å². The number of fused-ring (bicyclic) bond motifs is 1. The number of aliphatic carboxylic acids is 4. The Morgan fingerprint density at radius 3 is 1.74 bits per heavy atom. The van der Waals surface area contributed by atoms with Crippen molar-refractivity contribution in [3.8, 4) is 11.5 Å². The molecule has 0 aliphatic carbocycles. The summed E-state index contributed by atoms with van der Waals surface area (Å²) in [4.78, 5) is 59.4. The molecular formula is C29H24K4N4O12S. The van der Waals surface area contributed by atoms with Crippen LogP contribution in [0.2, 0.25) is 0 Å². The van der Waals surface area contributed by atoms with Crippen LogP contribution < -0.4 is 256 Å². The van der Waals surface area contributed by atoms with E-state index in [1.165, 1.54) is 24.3 Å². The molecule has 4 rings (SSSR count). The molecular weight excluding hydrogens is 785 g/mol. The summed E-state index contributed by atoms with van der Waals surface area (Å²) in [6, 6.07) is 9.02. The van der Waals surface area contributed by atoms with Gasteiger partial charge >= 0.3 is 206 Å². The van der Waals surface area contributed by atoms with Crippen molar-refractivity contribution in [2.45, 2.75) is 6.92 Å². The number of ether oxygens (including phenoxy) is 2. The molecule has 21 heteroatoms. The maximum absolute atomic E-state index is 12.0. The zero-order valence-electron chi connectivity index (χ0n) is 28.0. The number of thiocarbonyl (C=S) groups is 1. The summed E-state index contributed by atoms with van der Waals surface area (Å²) >= 11 is 4.92. The second-order valence-corrected chi connectivity index (χ2v) is 10.2. The fraction of sp³-hybridized carbons (Fsp3) is 0.241. The van der Waals surface area contributed by atoms with Crippen LogP contribution in [0.4, 0.5) is 11.4 Å². The number of furan rings is 1. The zero-order valence-corrected chi connectivity index (χ0v) is 41.3. The van der Waals surface area contributed by atoms with E-state index in [4.69, 9.17) is 26.1 Å². The van der Waals surface area contributed by atoms with Gasteiger partial charge in [0, 0.05) is 17.5 Å². The summed E-state index contributed by atoms with van der Waals surface area (Å²) in [6.07, 6.45) is 1.38. The first-order chi connectivity index (χ1) is 21.8. The predicted molar refractivity (Wildman–Crippen MR) is 155 cm³/mol. The Bertz CT molecular complexity index is 1740. The minimum atomic E-state index is -1.58. The Morgan fingerprint density at radius 2 is 1.26 bits per heavy atom. The molecule has 242 valence electrons. The van der Waals surface area contributed by atoms with Crippen LogP contribution in [0.1, 0.15) is 11.3 Å². The summed E-state index contributed by atoms with van der Waals surface area (Å²) in [7, 11) is 0. The molecule has 1 amide bonds. The van der Waals surface area contributed by atoms with Crippen molar-refractivity contribution < 1.29 is 264 Å². The van der Waals surface area contributed by atoms with Gasteiger partial charge in [0.05, 0.1) is 61.4 Å². The summed E-state index contributed by atoms with van der Waals surface area (Å²) in [5.74, 6) is -6.34. The normalized spacial score (nSPS) is 12.2. The molecule has 0 atom stereocenters. The van der Waals surface area contributed by atoms with Gasteiger partial charge in [-0.2, -0.15) is 0 Å². The first-order valence-corrected chi connectivity index (χ1v) is 13.8. The van der Waals surface area contributed by atoms with E-state index in [-0.39, 0.29) is 264 Å². The van der Waals surface area contributed by atoms with Gasteiger partial charge in [-0.15, -0.1) is 0 Å². The van der Waals surface area contributed by atoms with Gasteiger partial charge in [-0.1, -0.05) is 6.07 Å². The second kappa shape index (κ2) is 24.3. The van der Waals surface area contributed by atoms with Crippen LogP contribution in [0.5, 0.6) is 11.5 Å². The number of aryl methyl sites for hydroxylation is 1. The quantitative estimate of drug-likeness (QED) is 0.0591. The average molecular weight is 809 g/mol. The summed E-state index contributed by atoms with van der Waals surface area (Å²) in [5.41, 5.74) is 1.16. The molecule has 1 saturated heterocycles. The topological polar surface area (TPSA) is 240 Å². The largest absolute Gasteiger partial charge is 1.00 e. The van der Waals surface area contributed by atoms with Gasteiger partial charge in [0.1, 0.15) is 41.8 Å². The Labute approximate surface area is 461 Å². The van der Waals surface area contributed by atoms with Crippen LogP contribution in [0.15, 0.2) is 46.5 Å². The van der Waals surface area contributed by atoms with Gasteiger partial charge in [0.25, 0.3) is 5.91 Å². The van der Waals surface area contributed by atoms with Crippen molar-refractivity contribution in [2.24, 2.45) is 0 Å². The maximum Gasteiger partial charge on any atom is 1.00 e. The van der Waals surface area contributed by atoms with E-state index < -0.39 is 56.0 Å². The molecule has 2 aromatic carbocycles. The average Bonchev–Trinajstić information content (AvgIpc) is 3.48. The van der Waals surface area contributed by atoms with E-state index >= 15 is 0 Å². The van der Waals surface area contributed by atoms with E-state index in [0.717, 1.165) is 9.80 Å². The number of hydrogen-bond donors (Lipinski definition) is 2. The third kappa shape index (κ3) is 15.4. The van der Waals surface area contributed by atoms with Crippen molar-refractivity contribution in [1.82, 2.24) is 10.6 Å². The van der Waals surface area contributed by atoms with Crippen LogP contribution in [-0.2, 0) is 24.0 Å². The van der Waals surface area contributed by atoms with Gasteiger partial charge in [-0.05, 0) is 49.0 Å². The van der Waals surface area contributed by atoms with Crippen LogP contribution in [0.3, 0.4) is 0 Å². The van der Waals surface area contributed by atoms with Gasteiger partial charge < -0.3 is 68.6 Å². The van der Waals surface area contributed by atoms with E-state index in [1.807, 2.05) is 0 Å². The van der Waals surface area contributed by atoms with Crippen molar-refractivity contribution in [1.29, 1.82) is 0 Å². The molecule has 0 unspecified atom stereocenters. The SMILES string of the molecule is Cc1ccc(N(CC(=O)[O-])CC(=O)[O-])c(OCCOc2cc3cc(/C=C4/NC(=S)NC4=O)oc3cc2N(CC(=O)[O-])CC(=O)[O-])c1.[K+].[K+].[K+].[K+]. The number of anilines is 2. The van der Waals surface area contributed by atoms with Crippen molar-refractivity contribution in [3.05, 3.63) is 53.4 Å². The molecule has 1 aliphatic heterocycles. The molecule has 1 aliphatic rings. The summed E-state index contributed by atoms with van der Waals surface area (Å²) in [5, 5.41) is 51.0. The molecule has 1 aromatic heterocycles. The fourth-order valence-electron chi connectivity index (χ4n) is 4.51. The number of carbonyl (C=O) groups is 5. The molecule has 50 heavy (non-hydrogen) atoms. The molecule has 0 spiro atoms. The first-order valence-electron chi connectivity index (χ1n) is 13.4. The number of hydrogen-bond acceptors (Lipinski definition) is 15. The Hall–Kier alpha value is 0.705. The number of benzene rings is 2. The minimum Gasteiger partial charge on any atom is -0.548 e. The van der Waals surface area contributed by atoms with Gasteiger partial charge in [-0.3, -0.25) is 10.1 Å². The van der Waals surface area contributed by atoms with Crippen molar-refractivity contribution in [3.63, 3.8) is 0 Å². The summed E-state index contributed by atoms with van der Waals surface area (Å²) in [6.45, 7) is -1.84.